The molecule has 0 aliphatic heterocycles. The van der Waals surface area contributed by atoms with Crippen molar-refractivity contribution >= 4 is 38.2 Å². The molecule has 0 bridgehead atoms. The van der Waals surface area contributed by atoms with Crippen LogP contribution in [0.5, 0.6) is 0 Å². The first kappa shape index (κ1) is 18.5. The third kappa shape index (κ3) is 3.26. The normalized spacial score (nSPS) is 11.3. The van der Waals surface area contributed by atoms with Gasteiger partial charge in [-0.2, -0.15) is 0 Å². The van der Waals surface area contributed by atoms with Crippen LogP contribution in [0.25, 0.3) is 38.2 Å². The number of nitrogens with zero attached hydrogens (tertiary/aromatic N) is 2. The van der Waals surface area contributed by atoms with Crippen LogP contribution in [-0.2, 0) is 0 Å². The summed E-state index contributed by atoms with van der Waals surface area (Å²) in [5.74, 6) is 0. The van der Waals surface area contributed by atoms with E-state index in [1.165, 1.54) is 10.8 Å². The largest absolute Gasteiger partial charge is 0.252 e. The molecule has 0 fully saturated rings. The van der Waals surface area contributed by atoms with Crippen LogP contribution in [0.2, 0.25) is 0 Å². The molecule has 2 nitrogen and oxygen atoms in total. The molecule has 0 saturated carbocycles. The third-order valence-corrected chi connectivity index (χ3v) is 4.49. The van der Waals surface area contributed by atoms with Crippen LogP contribution < -0.4 is 0 Å². The predicted molar refractivity (Wildman–Crippen MR) is 119 cm³/mol. The van der Waals surface area contributed by atoms with Gasteiger partial charge in [-0.05, 0) is 34.9 Å². The maximum Gasteiger partial charge on any atom is 0.0974 e. The molecule has 0 atom stereocenters. The number of fused-ring (bicyclic) bond motifs is 6. The number of hydrogen-bond acceptors (Lipinski definition) is 2. The van der Waals surface area contributed by atoms with E-state index in [4.69, 9.17) is 4.98 Å². The molecule has 1 heterocycles. The van der Waals surface area contributed by atoms with Crippen molar-refractivity contribution in [1.82, 2.24) is 9.97 Å². The standard InChI is InChI=1S/C23H18N2.C2H6/c1-4-8-16(5-2)17-11-12-20-21(13-17)18-9-6-7-10-19(18)22-23(20)25-15(3)14-24-22;1-2/h4-14H,1-2H2,3H3;1-2H3/b16-8+;. The molecule has 0 unspecified atom stereocenters. The van der Waals surface area contributed by atoms with Gasteiger partial charge in [-0.25, -0.2) is 4.98 Å². The molecule has 4 rings (SSSR count). The summed E-state index contributed by atoms with van der Waals surface area (Å²) in [5, 5.41) is 4.61. The van der Waals surface area contributed by atoms with Gasteiger partial charge >= 0.3 is 0 Å². The molecule has 0 aliphatic rings. The Morgan fingerprint density at radius 3 is 2.30 bits per heavy atom. The lowest BCUT2D eigenvalue weighted by Gasteiger charge is -2.11. The summed E-state index contributed by atoms with van der Waals surface area (Å²) in [4.78, 5) is 9.43. The van der Waals surface area contributed by atoms with Crippen molar-refractivity contribution in [2.75, 3.05) is 0 Å². The topological polar surface area (TPSA) is 25.8 Å². The van der Waals surface area contributed by atoms with Gasteiger partial charge in [-0.3, -0.25) is 4.98 Å². The molecule has 0 N–H and O–H groups in total. The second kappa shape index (κ2) is 7.96. The van der Waals surface area contributed by atoms with Crippen LogP contribution >= 0.6 is 0 Å². The Morgan fingerprint density at radius 1 is 0.889 bits per heavy atom. The number of aryl methyl sites for hydroxylation is 1. The van der Waals surface area contributed by atoms with E-state index in [0.29, 0.717) is 0 Å². The van der Waals surface area contributed by atoms with E-state index in [1.807, 2.05) is 45.2 Å². The lowest BCUT2D eigenvalue weighted by molar-refractivity contribution is 1.19. The average Bonchev–Trinajstić information content (AvgIpc) is 2.73. The fourth-order valence-corrected chi connectivity index (χ4v) is 3.35. The summed E-state index contributed by atoms with van der Waals surface area (Å²) in [7, 11) is 0. The van der Waals surface area contributed by atoms with Crippen LogP contribution in [0.1, 0.15) is 25.1 Å². The lowest BCUT2D eigenvalue weighted by Crippen LogP contribution is -1.92. The van der Waals surface area contributed by atoms with Crippen molar-refractivity contribution in [3.63, 3.8) is 0 Å². The lowest BCUT2D eigenvalue weighted by atomic mass is 9.95. The summed E-state index contributed by atoms with van der Waals surface area (Å²) < 4.78 is 0. The minimum atomic E-state index is 0.923. The van der Waals surface area contributed by atoms with Gasteiger partial charge in [-0.15, -0.1) is 0 Å². The quantitative estimate of drug-likeness (QED) is 0.292. The van der Waals surface area contributed by atoms with E-state index in [2.05, 4.69) is 54.5 Å². The van der Waals surface area contributed by atoms with Crippen LogP contribution in [0.15, 0.2) is 80.0 Å². The summed E-state index contributed by atoms with van der Waals surface area (Å²) in [6.07, 6.45) is 7.45. The number of hydrogen-bond donors (Lipinski definition) is 0. The highest BCUT2D eigenvalue weighted by Crippen LogP contribution is 2.34. The highest BCUT2D eigenvalue weighted by Gasteiger charge is 2.11. The van der Waals surface area contributed by atoms with Gasteiger partial charge in [0.25, 0.3) is 0 Å². The van der Waals surface area contributed by atoms with Crippen molar-refractivity contribution in [2.45, 2.75) is 20.8 Å². The molecular weight excluding hydrogens is 328 g/mol. The second-order valence-corrected chi connectivity index (χ2v) is 6.08. The Morgan fingerprint density at radius 2 is 1.59 bits per heavy atom. The zero-order chi connectivity index (χ0) is 19.4. The Hall–Kier alpha value is -3.26. The average molecular weight is 352 g/mol. The number of benzene rings is 3. The number of rotatable bonds is 3. The Balaban J connectivity index is 0.00000102. The molecule has 134 valence electrons. The van der Waals surface area contributed by atoms with Gasteiger partial charge in [-0.1, -0.05) is 81.6 Å². The fraction of sp³-hybridized carbons (Fsp3) is 0.120. The first-order chi connectivity index (χ1) is 13.2. The van der Waals surface area contributed by atoms with E-state index in [9.17, 15) is 0 Å². The predicted octanol–water partition coefficient (Wildman–Crippen LogP) is 7.03. The zero-order valence-electron chi connectivity index (χ0n) is 16.2. The molecule has 3 aromatic carbocycles. The van der Waals surface area contributed by atoms with Crippen LogP contribution in [-0.4, -0.2) is 9.97 Å². The van der Waals surface area contributed by atoms with Crippen LogP contribution in [0.4, 0.5) is 0 Å². The van der Waals surface area contributed by atoms with Gasteiger partial charge in [0.15, 0.2) is 0 Å². The van der Waals surface area contributed by atoms with Crippen molar-refractivity contribution in [3.05, 3.63) is 91.3 Å². The fourth-order valence-electron chi connectivity index (χ4n) is 3.35. The van der Waals surface area contributed by atoms with Gasteiger partial charge in [0, 0.05) is 17.0 Å². The summed E-state index contributed by atoms with van der Waals surface area (Å²) in [6, 6.07) is 14.8. The summed E-state index contributed by atoms with van der Waals surface area (Å²) in [5.41, 5.74) is 5.00. The van der Waals surface area contributed by atoms with E-state index in [-0.39, 0.29) is 0 Å². The highest BCUT2D eigenvalue weighted by atomic mass is 14.8. The SMILES string of the molecule is C=C/C=C(\C=C)c1ccc2c(c1)c1ccccc1c1ncc(C)nc21.CC. The molecule has 0 radical (unpaired) electrons. The zero-order valence-corrected chi connectivity index (χ0v) is 16.2. The smallest absolute Gasteiger partial charge is 0.0974 e. The first-order valence-corrected chi connectivity index (χ1v) is 9.26. The molecule has 0 spiro atoms. The third-order valence-electron chi connectivity index (χ3n) is 4.49. The van der Waals surface area contributed by atoms with Gasteiger partial charge in [0.05, 0.1) is 16.7 Å². The van der Waals surface area contributed by atoms with E-state index >= 15 is 0 Å². The summed E-state index contributed by atoms with van der Waals surface area (Å²) >= 11 is 0. The number of aromatic nitrogens is 2. The van der Waals surface area contributed by atoms with E-state index < -0.39 is 0 Å². The van der Waals surface area contributed by atoms with Gasteiger partial charge < -0.3 is 0 Å². The molecule has 4 aromatic rings. The van der Waals surface area contributed by atoms with Crippen LogP contribution in [0.3, 0.4) is 0 Å². The monoisotopic (exact) mass is 352 g/mol. The molecule has 27 heavy (non-hydrogen) atoms. The molecule has 0 aliphatic carbocycles. The van der Waals surface area contributed by atoms with Crippen molar-refractivity contribution in [3.8, 4) is 0 Å². The van der Waals surface area contributed by atoms with Crippen molar-refractivity contribution in [2.24, 2.45) is 0 Å². The number of allylic oxidation sites excluding steroid dienone is 4. The van der Waals surface area contributed by atoms with Crippen molar-refractivity contribution < 1.29 is 0 Å². The van der Waals surface area contributed by atoms with E-state index in [1.54, 1.807) is 6.08 Å². The molecule has 2 heteroatoms. The maximum absolute atomic E-state index is 4.77. The molecule has 1 aromatic heterocycles. The Labute approximate surface area is 160 Å². The van der Waals surface area contributed by atoms with Crippen molar-refractivity contribution in [1.29, 1.82) is 0 Å². The van der Waals surface area contributed by atoms with Gasteiger partial charge in [0.2, 0.25) is 0 Å². The van der Waals surface area contributed by atoms with E-state index in [0.717, 1.165) is 38.6 Å². The van der Waals surface area contributed by atoms with Gasteiger partial charge in [0.1, 0.15) is 0 Å². The maximum atomic E-state index is 4.77. The molecule has 0 saturated heterocycles. The highest BCUT2D eigenvalue weighted by molar-refractivity contribution is 6.23. The Bertz CT molecular complexity index is 1180. The first-order valence-electron chi connectivity index (χ1n) is 9.26. The molecular formula is C25H24N2. The van der Waals surface area contributed by atoms with Crippen LogP contribution in [0, 0.1) is 6.92 Å². The summed E-state index contributed by atoms with van der Waals surface area (Å²) in [6.45, 7) is 13.7. The minimum absolute atomic E-state index is 0.923. The Kier molecular flexibility index (Phi) is 5.46. The second-order valence-electron chi connectivity index (χ2n) is 6.08. The minimum Gasteiger partial charge on any atom is -0.252 e. The molecule has 0 amide bonds.